The van der Waals surface area contributed by atoms with Crippen molar-refractivity contribution < 1.29 is 24.1 Å². The van der Waals surface area contributed by atoms with Crippen LogP contribution >= 0.6 is 0 Å². The summed E-state index contributed by atoms with van der Waals surface area (Å²) in [5.74, 6) is 1.45. The van der Waals surface area contributed by atoms with Gasteiger partial charge in [-0.1, -0.05) is 0 Å². The Bertz CT molecular complexity index is 1210. The molecule has 38 heavy (non-hydrogen) atoms. The van der Waals surface area contributed by atoms with Crippen LogP contribution in [0.3, 0.4) is 0 Å². The summed E-state index contributed by atoms with van der Waals surface area (Å²) in [6.45, 7) is 3.19. The minimum atomic E-state index is -0.507. The molecule has 1 aliphatic carbocycles. The molecular formula is C27H34N6O5. The number of nitrogens with zero attached hydrogens (tertiary/aromatic N) is 5. The van der Waals surface area contributed by atoms with E-state index in [2.05, 4.69) is 25.2 Å². The van der Waals surface area contributed by atoms with Gasteiger partial charge in [-0.2, -0.15) is 9.97 Å². The van der Waals surface area contributed by atoms with E-state index < -0.39 is 6.10 Å². The summed E-state index contributed by atoms with van der Waals surface area (Å²) in [6.07, 6.45) is 6.47. The van der Waals surface area contributed by atoms with Crippen molar-refractivity contribution >= 4 is 17.4 Å². The molecule has 2 saturated heterocycles. The first-order valence-electron chi connectivity index (χ1n) is 13.5. The van der Waals surface area contributed by atoms with Gasteiger partial charge in [0.2, 0.25) is 0 Å². The van der Waals surface area contributed by atoms with Crippen LogP contribution in [0.4, 0.5) is 5.82 Å². The predicted octanol–water partition coefficient (Wildman–Crippen LogP) is 1.91. The molecule has 3 fully saturated rings. The van der Waals surface area contributed by atoms with E-state index in [1.54, 1.807) is 19.4 Å². The molecule has 11 nitrogen and oxygen atoms in total. The largest absolute Gasteiger partial charge is 0.496 e. The second kappa shape index (κ2) is 10.8. The van der Waals surface area contributed by atoms with E-state index in [0.29, 0.717) is 31.3 Å². The highest BCUT2D eigenvalue weighted by Gasteiger charge is 2.33. The third kappa shape index (κ3) is 5.04. The van der Waals surface area contributed by atoms with Crippen molar-refractivity contribution in [1.82, 2.24) is 20.3 Å². The number of anilines is 1. The van der Waals surface area contributed by atoms with Crippen LogP contribution in [-0.4, -0.2) is 83.3 Å². The number of rotatable bonds is 8. The van der Waals surface area contributed by atoms with Crippen LogP contribution in [0.15, 0.2) is 23.3 Å². The van der Waals surface area contributed by atoms with Gasteiger partial charge in [0.05, 0.1) is 48.9 Å². The number of hydrogen-bond acceptors (Lipinski definition) is 10. The smallest absolute Gasteiger partial charge is 0.319 e. The highest BCUT2D eigenvalue weighted by atomic mass is 16.5. The van der Waals surface area contributed by atoms with Crippen LogP contribution in [0.1, 0.15) is 60.3 Å². The molecule has 1 saturated carbocycles. The van der Waals surface area contributed by atoms with Crippen molar-refractivity contribution in [2.24, 2.45) is 10.9 Å². The molecule has 2 aromatic heterocycles. The first-order valence-corrected chi connectivity index (χ1v) is 13.5. The van der Waals surface area contributed by atoms with Gasteiger partial charge in [-0.05, 0) is 44.6 Å². The molecule has 6 rings (SSSR count). The Hall–Kier alpha value is -3.31. The summed E-state index contributed by atoms with van der Waals surface area (Å²) >= 11 is 0. The van der Waals surface area contributed by atoms with Crippen molar-refractivity contribution in [1.29, 1.82) is 0 Å². The first kappa shape index (κ1) is 25.0. The average Bonchev–Trinajstić information content (AvgIpc) is 3.64. The molecule has 0 unspecified atom stereocenters. The van der Waals surface area contributed by atoms with Gasteiger partial charge in [0, 0.05) is 37.9 Å². The molecule has 1 amide bonds. The summed E-state index contributed by atoms with van der Waals surface area (Å²) in [5, 5.41) is 12.8. The van der Waals surface area contributed by atoms with Crippen LogP contribution in [-0.2, 0) is 11.3 Å². The van der Waals surface area contributed by atoms with Gasteiger partial charge >= 0.3 is 6.01 Å². The van der Waals surface area contributed by atoms with Crippen LogP contribution < -0.4 is 19.7 Å². The lowest BCUT2D eigenvalue weighted by molar-refractivity contribution is 0.0444. The van der Waals surface area contributed by atoms with Gasteiger partial charge in [0.25, 0.3) is 5.91 Å². The maximum atomic E-state index is 13.0. The van der Waals surface area contributed by atoms with E-state index in [4.69, 9.17) is 19.2 Å². The van der Waals surface area contributed by atoms with Crippen molar-refractivity contribution in [3.63, 3.8) is 0 Å². The van der Waals surface area contributed by atoms with E-state index in [9.17, 15) is 9.90 Å². The molecule has 202 valence electrons. The van der Waals surface area contributed by atoms with Gasteiger partial charge < -0.3 is 29.5 Å². The molecule has 11 heteroatoms. The van der Waals surface area contributed by atoms with Crippen LogP contribution in [0, 0.1) is 5.92 Å². The van der Waals surface area contributed by atoms with Crippen molar-refractivity contribution in [3.8, 4) is 11.8 Å². The first-order chi connectivity index (χ1) is 18.6. The van der Waals surface area contributed by atoms with Gasteiger partial charge in [-0.25, -0.2) is 0 Å². The van der Waals surface area contributed by atoms with Gasteiger partial charge in [-0.3, -0.25) is 14.8 Å². The highest BCUT2D eigenvalue weighted by molar-refractivity contribution is 6.07. The number of pyridine rings is 1. The fourth-order valence-electron chi connectivity index (χ4n) is 5.60. The number of aromatic nitrogens is 3. The fourth-order valence-corrected chi connectivity index (χ4v) is 5.60. The Kier molecular flexibility index (Phi) is 7.12. The van der Waals surface area contributed by atoms with Crippen molar-refractivity contribution in [2.75, 3.05) is 38.3 Å². The second-order valence-electron chi connectivity index (χ2n) is 10.4. The average molecular weight is 523 g/mol. The van der Waals surface area contributed by atoms with E-state index in [1.165, 1.54) is 0 Å². The molecule has 5 heterocycles. The number of amides is 1. The molecular weight excluding hydrogens is 488 g/mol. The van der Waals surface area contributed by atoms with E-state index in [-0.39, 0.29) is 29.8 Å². The number of methoxy groups -OCH3 is 1. The Morgan fingerprint density at radius 1 is 1.21 bits per heavy atom. The maximum Gasteiger partial charge on any atom is 0.319 e. The summed E-state index contributed by atoms with van der Waals surface area (Å²) in [6, 6.07) is 3.54. The topological polar surface area (TPSA) is 131 Å². The van der Waals surface area contributed by atoms with Crippen molar-refractivity contribution in [3.05, 3.63) is 35.3 Å². The summed E-state index contributed by atoms with van der Waals surface area (Å²) in [4.78, 5) is 33.5. The Morgan fingerprint density at radius 3 is 2.79 bits per heavy atom. The lowest BCUT2D eigenvalue weighted by atomic mass is 9.88. The SMILES string of the molecule is COc1ccnc2c1C(C1CCN(c3cc(C(=O)N[C@H]4CC[C@H]4O)nc(OC[C@@H]4CCCO4)n3)CC1)=NC2. The summed E-state index contributed by atoms with van der Waals surface area (Å²) in [5.41, 5.74) is 3.32. The maximum absolute atomic E-state index is 13.0. The number of piperidine rings is 1. The monoisotopic (exact) mass is 522 g/mol. The number of hydrogen-bond donors (Lipinski definition) is 2. The number of ether oxygens (including phenoxy) is 3. The standard InChI is InChI=1S/C27H34N6O5/c1-36-22-6-9-28-20-14-29-25(24(20)22)16-7-10-33(11-8-16)23-13-19(26(35)30-18-4-5-21(18)34)31-27(32-23)38-15-17-3-2-12-37-17/h6,9,13,16-18,21,34H,2-5,7-8,10-12,14-15H2,1H3,(H,30,35)/t17-,18-,21+/m0/s1. The molecule has 2 aromatic rings. The normalized spacial score (nSPS) is 24.9. The third-order valence-electron chi connectivity index (χ3n) is 7.97. The Labute approximate surface area is 221 Å². The second-order valence-corrected chi connectivity index (χ2v) is 10.4. The van der Waals surface area contributed by atoms with Crippen LogP contribution in [0.2, 0.25) is 0 Å². The number of carbonyl (C=O) groups is 1. The lowest BCUT2D eigenvalue weighted by Crippen LogP contribution is -2.50. The number of carbonyl (C=O) groups excluding carboxylic acids is 1. The Morgan fingerprint density at radius 2 is 2.08 bits per heavy atom. The summed E-state index contributed by atoms with van der Waals surface area (Å²) < 4.78 is 17.2. The molecule has 0 aromatic carbocycles. The molecule has 3 aliphatic heterocycles. The highest BCUT2D eigenvalue weighted by Crippen LogP contribution is 2.34. The van der Waals surface area contributed by atoms with E-state index in [1.807, 2.05) is 6.07 Å². The Balaban J connectivity index is 1.17. The molecule has 4 aliphatic rings. The number of aliphatic hydroxyl groups excluding tert-OH is 1. The number of aliphatic imine (C=N–C) groups is 1. The number of aliphatic hydroxyl groups is 1. The lowest BCUT2D eigenvalue weighted by Gasteiger charge is -2.34. The van der Waals surface area contributed by atoms with Gasteiger partial charge in [-0.15, -0.1) is 0 Å². The molecule has 0 spiro atoms. The molecule has 2 N–H and O–H groups in total. The van der Waals surface area contributed by atoms with E-state index in [0.717, 1.165) is 74.5 Å². The molecule has 0 bridgehead atoms. The third-order valence-corrected chi connectivity index (χ3v) is 7.97. The van der Waals surface area contributed by atoms with Crippen molar-refractivity contribution in [2.45, 2.75) is 63.3 Å². The minimum Gasteiger partial charge on any atom is -0.496 e. The minimum absolute atomic E-state index is 0.0157. The number of fused-ring (bicyclic) bond motifs is 1. The quantitative estimate of drug-likeness (QED) is 0.534. The molecule has 3 atom stereocenters. The zero-order valence-corrected chi connectivity index (χ0v) is 21.6. The number of nitrogens with one attached hydrogen (secondary N) is 1. The summed E-state index contributed by atoms with van der Waals surface area (Å²) in [7, 11) is 1.68. The van der Waals surface area contributed by atoms with Gasteiger partial charge in [0.1, 0.15) is 23.9 Å². The molecule has 0 radical (unpaired) electrons. The van der Waals surface area contributed by atoms with Crippen LogP contribution in [0.25, 0.3) is 0 Å². The van der Waals surface area contributed by atoms with Crippen LogP contribution in [0.5, 0.6) is 11.8 Å². The zero-order valence-electron chi connectivity index (χ0n) is 21.6. The zero-order chi connectivity index (χ0) is 26.1. The van der Waals surface area contributed by atoms with E-state index >= 15 is 0 Å². The fraction of sp³-hybridized carbons (Fsp3) is 0.593. The van der Waals surface area contributed by atoms with Gasteiger partial charge in [0.15, 0.2) is 0 Å². The predicted molar refractivity (Wildman–Crippen MR) is 139 cm³/mol.